The second-order valence-corrected chi connectivity index (χ2v) is 10.6. The topological polar surface area (TPSA) is 78.8 Å². The van der Waals surface area contributed by atoms with Crippen LogP contribution < -0.4 is 4.90 Å². The van der Waals surface area contributed by atoms with Crippen molar-refractivity contribution in [1.29, 1.82) is 0 Å². The van der Waals surface area contributed by atoms with Gasteiger partial charge in [0.2, 0.25) is 5.91 Å². The van der Waals surface area contributed by atoms with E-state index in [9.17, 15) is 18.8 Å². The zero-order valence-corrected chi connectivity index (χ0v) is 23.1. The van der Waals surface area contributed by atoms with E-state index in [1.165, 1.54) is 17.0 Å². The van der Waals surface area contributed by atoms with Crippen molar-refractivity contribution in [3.05, 3.63) is 81.9 Å². The molecule has 5 rings (SSSR count). The predicted octanol–water partition coefficient (Wildman–Crippen LogP) is 4.41. The van der Waals surface area contributed by atoms with Gasteiger partial charge in [-0.2, -0.15) is 5.10 Å². The Balaban J connectivity index is 1.36. The predicted molar refractivity (Wildman–Crippen MR) is 146 cm³/mol. The number of benzene rings is 2. The third kappa shape index (κ3) is 4.70. The van der Waals surface area contributed by atoms with E-state index in [4.69, 9.17) is 0 Å². The molecule has 2 atom stereocenters. The maximum Gasteiger partial charge on any atom is 0.263 e. The molecule has 39 heavy (non-hydrogen) atoms. The van der Waals surface area contributed by atoms with Crippen molar-refractivity contribution in [2.45, 2.75) is 46.2 Å². The quantitative estimate of drug-likeness (QED) is 0.441. The van der Waals surface area contributed by atoms with Crippen molar-refractivity contribution < 1.29 is 18.8 Å². The fraction of sp³-hybridized carbons (Fsp3) is 0.400. The summed E-state index contributed by atoms with van der Waals surface area (Å²) in [7, 11) is 3.74. The maximum atomic E-state index is 13.7. The Kier molecular flexibility index (Phi) is 7.01. The molecule has 0 N–H and O–H groups in total. The number of piperidine rings is 1. The van der Waals surface area contributed by atoms with Gasteiger partial charge < -0.3 is 9.80 Å². The van der Waals surface area contributed by atoms with Gasteiger partial charge in [0.15, 0.2) is 0 Å². The number of carbonyl (C=O) groups is 3. The highest BCUT2D eigenvalue weighted by Crippen LogP contribution is 2.36. The third-order valence-electron chi connectivity index (χ3n) is 8.23. The molecule has 1 aromatic heterocycles. The van der Waals surface area contributed by atoms with Crippen molar-refractivity contribution in [1.82, 2.24) is 19.6 Å². The van der Waals surface area contributed by atoms with E-state index in [-0.39, 0.29) is 30.3 Å². The molecule has 1 saturated heterocycles. The first-order chi connectivity index (χ1) is 18.6. The van der Waals surface area contributed by atoms with Crippen LogP contribution in [-0.2, 0) is 18.4 Å². The Morgan fingerprint density at radius 2 is 1.90 bits per heavy atom. The first-order valence-electron chi connectivity index (χ1n) is 13.3. The molecule has 2 aliphatic heterocycles. The number of halogens is 1. The van der Waals surface area contributed by atoms with Crippen LogP contribution in [0.1, 0.15) is 69.0 Å². The summed E-state index contributed by atoms with van der Waals surface area (Å²) < 4.78 is 15.6. The molecule has 3 aromatic rings. The van der Waals surface area contributed by atoms with Gasteiger partial charge in [-0.05, 0) is 63.4 Å². The molecule has 0 bridgehead atoms. The summed E-state index contributed by atoms with van der Waals surface area (Å²) in [5, 5.41) is 4.51. The highest BCUT2D eigenvalue weighted by Gasteiger charge is 2.40. The molecule has 0 radical (unpaired) electrons. The van der Waals surface area contributed by atoms with Crippen LogP contribution in [0.25, 0.3) is 0 Å². The Hall–Kier alpha value is -4.01. The van der Waals surface area contributed by atoms with Crippen LogP contribution in [0.5, 0.6) is 0 Å². The Labute approximate surface area is 228 Å². The number of aryl methyl sites for hydroxylation is 2. The van der Waals surface area contributed by atoms with Crippen LogP contribution in [0, 0.1) is 25.6 Å². The molecule has 3 amide bonds. The van der Waals surface area contributed by atoms with Gasteiger partial charge in [-0.3, -0.25) is 24.0 Å². The van der Waals surface area contributed by atoms with Crippen LogP contribution in [0.15, 0.2) is 42.5 Å². The van der Waals surface area contributed by atoms with Crippen molar-refractivity contribution in [2.24, 2.45) is 13.0 Å². The van der Waals surface area contributed by atoms with E-state index >= 15 is 0 Å². The van der Waals surface area contributed by atoms with Gasteiger partial charge in [-0.1, -0.05) is 18.2 Å². The van der Waals surface area contributed by atoms with Crippen molar-refractivity contribution >= 4 is 23.4 Å². The molecule has 0 spiro atoms. The van der Waals surface area contributed by atoms with Gasteiger partial charge in [-0.15, -0.1) is 0 Å². The second kappa shape index (κ2) is 10.3. The highest BCUT2D eigenvalue weighted by molar-refractivity contribution is 6.23. The van der Waals surface area contributed by atoms with Crippen LogP contribution in [0.4, 0.5) is 10.1 Å². The molecule has 0 unspecified atom stereocenters. The normalized spacial score (nSPS) is 17.9. The first-order valence-corrected chi connectivity index (χ1v) is 13.3. The number of nitrogens with zero attached hydrogens (tertiary/aromatic N) is 5. The number of anilines is 1. The monoisotopic (exact) mass is 531 g/mol. The first kappa shape index (κ1) is 26.6. The van der Waals surface area contributed by atoms with Crippen LogP contribution in [0.2, 0.25) is 0 Å². The highest BCUT2D eigenvalue weighted by atomic mass is 19.1. The Bertz CT molecular complexity index is 1460. The minimum atomic E-state index is -0.415. The Morgan fingerprint density at radius 1 is 1.15 bits per heavy atom. The Morgan fingerprint density at radius 3 is 2.59 bits per heavy atom. The van der Waals surface area contributed by atoms with Gasteiger partial charge in [0.25, 0.3) is 11.8 Å². The molecule has 2 aliphatic rings. The number of carbonyl (C=O) groups excluding carboxylic acids is 3. The number of hydrogen-bond acceptors (Lipinski definition) is 5. The van der Waals surface area contributed by atoms with Gasteiger partial charge >= 0.3 is 0 Å². The number of aromatic nitrogens is 2. The van der Waals surface area contributed by atoms with E-state index in [0.29, 0.717) is 35.5 Å². The standard InChI is InChI=1S/C30H34FN5O3/c1-18-26(20(3)34(5)32-18)19(2)33(4)28(37)22-10-8-14-35(17-22)25-13-7-12-24-27(25)30(39)36(29(24)38)16-21-9-6-11-23(31)15-21/h6-7,9,11-13,15,19,22H,8,10,14,16-17H2,1-5H3/t19-,22-/m1/s1. The van der Waals surface area contributed by atoms with E-state index in [0.717, 1.165) is 29.8 Å². The summed E-state index contributed by atoms with van der Waals surface area (Å²) in [4.78, 5) is 45.4. The molecule has 8 nitrogen and oxygen atoms in total. The van der Waals surface area contributed by atoms with Crippen LogP contribution in [0.3, 0.4) is 0 Å². The fourth-order valence-electron chi connectivity index (χ4n) is 6.01. The minimum Gasteiger partial charge on any atom is -0.370 e. The van der Waals surface area contributed by atoms with Gasteiger partial charge in [0.1, 0.15) is 5.82 Å². The molecule has 2 aromatic carbocycles. The van der Waals surface area contributed by atoms with Gasteiger partial charge in [0, 0.05) is 38.4 Å². The maximum absolute atomic E-state index is 13.7. The third-order valence-corrected chi connectivity index (χ3v) is 8.23. The lowest BCUT2D eigenvalue weighted by atomic mass is 9.94. The number of rotatable bonds is 6. The largest absolute Gasteiger partial charge is 0.370 e. The lowest BCUT2D eigenvalue weighted by Crippen LogP contribution is -2.45. The van der Waals surface area contributed by atoms with Crippen LogP contribution in [-0.4, -0.2) is 57.4 Å². The molecule has 3 heterocycles. The molecular weight excluding hydrogens is 497 g/mol. The van der Waals surface area contributed by atoms with E-state index in [1.807, 2.05) is 45.6 Å². The average Bonchev–Trinajstić information content (AvgIpc) is 3.33. The summed E-state index contributed by atoms with van der Waals surface area (Å²) in [6.45, 7) is 7.15. The molecule has 9 heteroatoms. The number of fused-ring (bicyclic) bond motifs is 1. The smallest absolute Gasteiger partial charge is 0.263 e. The molecule has 0 saturated carbocycles. The van der Waals surface area contributed by atoms with Crippen molar-refractivity contribution in [2.75, 3.05) is 25.0 Å². The summed E-state index contributed by atoms with van der Waals surface area (Å²) in [6, 6.07) is 11.1. The SMILES string of the molecule is Cc1nn(C)c(C)c1[C@@H](C)N(C)C(=O)[C@@H]1CCCN(c2cccc3c2C(=O)N(Cc2cccc(F)c2)C3=O)C1. The summed E-state index contributed by atoms with van der Waals surface area (Å²) in [6.07, 6.45) is 1.55. The van der Waals surface area contributed by atoms with E-state index < -0.39 is 11.7 Å². The lowest BCUT2D eigenvalue weighted by Gasteiger charge is -2.37. The fourth-order valence-corrected chi connectivity index (χ4v) is 6.01. The van der Waals surface area contributed by atoms with Gasteiger partial charge in [-0.25, -0.2) is 4.39 Å². The summed E-state index contributed by atoms with van der Waals surface area (Å²) >= 11 is 0. The number of imide groups is 1. The molecular formula is C30H34FN5O3. The summed E-state index contributed by atoms with van der Waals surface area (Å²) in [5.41, 5.74) is 4.93. The van der Waals surface area contributed by atoms with Crippen molar-refractivity contribution in [3.8, 4) is 0 Å². The molecule has 0 aliphatic carbocycles. The number of hydrogen-bond donors (Lipinski definition) is 0. The average molecular weight is 532 g/mol. The number of amides is 3. The summed E-state index contributed by atoms with van der Waals surface area (Å²) in [5.74, 6) is -1.38. The van der Waals surface area contributed by atoms with Gasteiger partial charge in [0.05, 0.1) is 41.0 Å². The van der Waals surface area contributed by atoms with E-state index in [1.54, 1.807) is 29.2 Å². The zero-order valence-electron chi connectivity index (χ0n) is 23.1. The lowest BCUT2D eigenvalue weighted by molar-refractivity contribution is -0.136. The minimum absolute atomic E-state index is 0.000513. The van der Waals surface area contributed by atoms with Crippen LogP contribution >= 0.6 is 0 Å². The zero-order chi connectivity index (χ0) is 28.0. The molecule has 204 valence electrons. The van der Waals surface area contributed by atoms with E-state index in [2.05, 4.69) is 10.00 Å². The second-order valence-electron chi connectivity index (χ2n) is 10.6. The molecule has 1 fully saturated rings. The van der Waals surface area contributed by atoms with Crippen molar-refractivity contribution in [3.63, 3.8) is 0 Å².